The maximum Gasteiger partial charge on any atom is 1.00 e. The second kappa shape index (κ2) is 22.1. The molecule has 3 rings (SSSR count). The Balaban J connectivity index is 0. The number of primary amides is 1. The third-order valence-corrected chi connectivity index (χ3v) is 5.48. The van der Waals surface area contributed by atoms with Gasteiger partial charge in [-0.25, -0.2) is 4.39 Å². The van der Waals surface area contributed by atoms with Gasteiger partial charge in [0.1, 0.15) is 11.9 Å². The predicted octanol–water partition coefficient (Wildman–Crippen LogP) is -0.557. The molecule has 2 heterocycles. The number of rotatable bonds is 5. The van der Waals surface area contributed by atoms with Crippen LogP contribution in [-0.2, 0) is 14.4 Å². The van der Waals surface area contributed by atoms with Gasteiger partial charge in [-0.05, 0) is 57.7 Å². The van der Waals surface area contributed by atoms with Gasteiger partial charge in [-0.15, -0.1) is 6.04 Å². The van der Waals surface area contributed by atoms with Crippen molar-refractivity contribution in [1.29, 1.82) is 0 Å². The van der Waals surface area contributed by atoms with E-state index in [0.29, 0.717) is 6.42 Å². The Kier molecular flexibility index (Phi) is 22.9. The first-order valence-electron chi connectivity index (χ1n) is 12.4. The summed E-state index contributed by atoms with van der Waals surface area (Å²) in [6.45, 7) is 11.0. The maximum atomic E-state index is 12.2. The van der Waals surface area contributed by atoms with Crippen LogP contribution >= 0.6 is 0 Å². The molecule has 0 spiro atoms. The van der Waals surface area contributed by atoms with Crippen LogP contribution in [0.5, 0.6) is 0 Å². The van der Waals surface area contributed by atoms with Crippen molar-refractivity contribution < 1.29 is 70.2 Å². The third-order valence-electron chi connectivity index (χ3n) is 5.48. The Hall–Kier alpha value is -0.884. The topological polar surface area (TPSA) is 131 Å². The van der Waals surface area contributed by atoms with Crippen LogP contribution in [0.1, 0.15) is 64.4 Å². The van der Waals surface area contributed by atoms with E-state index >= 15 is 0 Å². The molecule has 1 aromatic rings. The van der Waals surface area contributed by atoms with Crippen LogP contribution in [0.25, 0.3) is 0 Å². The fourth-order valence-corrected chi connectivity index (χ4v) is 3.34. The van der Waals surface area contributed by atoms with E-state index in [1.165, 1.54) is 12.1 Å². The van der Waals surface area contributed by atoms with Crippen molar-refractivity contribution >= 4 is 17.7 Å². The first kappa shape index (κ1) is 37.3. The normalized spacial score (nSPS) is 18.6. The predicted molar refractivity (Wildman–Crippen MR) is 139 cm³/mol. The zero-order valence-corrected chi connectivity index (χ0v) is 25.9. The average Bonchev–Trinajstić information content (AvgIpc) is 3.54. The Morgan fingerprint density at radius 1 is 1.19 bits per heavy atom. The van der Waals surface area contributed by atoms with E-state index in [0.717, 1.165) is 57.2 Å². The largest absolute Gasteiger partial charge is 1.00 e. The average molecular weight is 534 g/mol. The number of likely N-dealkylation sites (N-methyl/N-ethyl adjacent to an activating group) is 1. The molecule has 8 nitrogen and oxygen atoms in total. The number of carbonyl (C=O) groups is 3. The van der Waals surface area contributed by atoms with Crippen molar-refractivity contribution in [2.45, 2.75) is 83.8 Å². The maximum absolute atomic E-state index is 12.2. The number of halogens is 1. The standard InChI is InChI=1S/C11H19N3O2.C7H7F.C4H9NO.C4H10N.K/c1-12-10(15)9-5-3-7-14(9)11(16)8-4-2-6-13-8;1-6-2-4-7(8)5-3-6;1-2-3-4(5)6;1-3-4(2)5;/h8-9,13H,2-7H2,1H3,(H,12,15);2-5H,1H3;2-3H2,1H3,(H2,5,6);4H,2-3,5H2,1H3;/q;;;-1;+1/t;;;4-;/m...1./s1. The minimum Gasteiger partial charge on any atom is -0.370 e. The molecule has 3 amide bonds. The van der Waals surface area contributed by atoms with E-state index in [1.54, 1.807) is 24.1 Å². The molecular formula is C26H45FKN5O3. The Morgan fingerprint density at radius 2 is 1.78 bits per heavy atom. The zero-order valence-electron chi connectivity index (χ0n) is 22.8. The molecule has 10 heteroatoms. The van der Waals surface area contributed by atoms with Crippen molar-refractivity contribution in [3.63, 3.8) is 0 Å². The Labute approximate surface area is 259 Å². The first-order valence-corrected chi connectivity index (χ1v) is 12.4. The Bertz CT molecular complexity index is 723. The second-order valence-electron chi connectivity index (χ2n) is 8.63. The van der Waals surface area contributed by atoms with Gasteiger partial charge in [-0.1, -0.05) is 38.0 Å². The first-order chi connectivity index (χ1) is 16.6. The Morgan fingerprint density at radius 3 is 2.14 bits per heavy atom. The molecule has 2 fully saturated rings. The molecule has 0 saturated carbocycles. The smallest absolute Gasteiger partial charge is 0.370 e. The van der Waals surface area contributed by atoms with Gasteiger partial charge in [0.25, 0.3) is 0 Å². The molecule has 2 aliphatic heterocycles. The monoisotopic (exact) mass is 533 g/mol. The minimum atomic E-state index is -0.250. The number of hydrogen-bond acceptors (Lipinski definition) is 5. The summed E-state index contributed by atoms with van der Waals surface area (Å²) in [5.41, 5.74) is 11.0. The summed E-state index contributed by atoms with van der Waals surface area (Å²) in [7, 11) is 1.62. The van der Waals surface area contributed by atoms with E-state index < -0.39 is 0 Å². The van der Waals surface area contributed by atoms with Gasteiger partial charge in [0.15, 0.2) is 0 Å². The molecule has 3 atom stereocenters. The van der Waals surface area contributed by atoms with Crippen molar-refractivity contribution in [2.24, 2.45) is 11.5 Å². The number of amides is 3. The summed E-state index contributed by atoms with van der Waals surface area (Å²) in [6.07, 6.45) is 6.01. The van der Waals surface area contributed by atoms with Gasteiger partial charge < -0.3 is 33.9 Å². The van der Waals surface area contributed by atoms with Crippen LogP contribution in [0.3, 0.4) is 0 Å². The van der Waals surface area contributed by atoms with Crippen LogP contribution < -0.4 is 73.5 Å². The van der Waals surface area contributed by atoms with Gasteiger partial charge in [0.2, 0.25) is 17.7 Å². The zero-order chi connectivity index (χ0) is 26.8. The molecule has 2 unspecified atom stereocenters. The summed E-state index contributed by atoms with van der Waals surface area (Å²) in [6, 6.07) is 6.22. The minimum absolute atomic E-state index is 0. The third kappa shape index (κ3) is 16.8. The molecule has 2 aliphatic rings. The van der Waals surface area contributed by atoms with Crippen molar-refractivity contribution in [3.05, 3.63) is 42.6 Å². The summed E-state index contributed by atoms with van der Waals surface area (Å²) in [4.78, 5) is 35.3. The van der Waals surface area contributed by atoms with Gasteiger partial charge >= 0.3 is 51.4 Å². The van der Waals surface area contributed by atoms with E-state index in [1.807, 2.05) is 20.8 Å². The summed E-state index contributed by atoms with van der Waals surface area (Å²) in [5.74, 6) is -0.319. The fourth-order valence-electron chi connectivity index (χ4n) is 3.34. The quantitative estimate of drug-likeness (QED) is 0.298. The molecule has 0 radical (unpaired) electrons. The SMILES string of the molecule is CCCC(N)=O.CNC(=O)C1CCCN1C(=O)C1CCCN1.Cc1ccc(F)cc1.[CH2-][C@@H](N)CC.[K+]. The molecule has 36 heavy (non-hydrogen) atoms. The van der Waals surface area contributed by atoms with E-state index in [2.05, 4.69) is 17.6 Å². The van der Waals surface area contributed by atoms with Crippen LogP contribution in [0.4, 0.5) is 4.39 Å². The molecular weight excluding hydrogens is 488 g/mol. The van der Waals surface area contributed by atoms with Crippen LogP contribution in [0.2, 0.25) is 0 Å². The molecule has 0 bridgehead atoms. The van der Waals surface area contributed by atoms with E-state index in [-0.39, 0.29) is 93.0 Å². The van der Waals surface area contributed by atoms with Crippen molar-refractivity contribution in [2.75, 3.05) is 20.1 Å². The number of likely N-dealkylation sites (tertiary alicyclic amines) is 1. The molecule has 200 valence electrons. The number of nitrogens with zero attached hydrogens (tertiary/aromatic N) is 1. The molecule has 0 aliphatic carbocycles. The number of benzene rings is 1. The summed E-state index contributed by atoms with van der Waals surface area (Å²) >= 11 is 0. The van der Waals surface area contributed by atoms with Gasteiger partial charge in [0.05, 0.1) is 6.04 Å². The number of aryl methyl sites for hydroxylation is 1. The van der Waals surface area contributed by atoms with Crippen LogP contribution in [0.15, 0.2) is 24.3 Å². The number of nitrogens with two attached hydrogens (primary N) is 2. The van der Waals surface area contributed by atoms with Crippen LogP contribution in [-0.4, -0.2) is 60.9 Å². The van der Waals surface area contributed by atoms with Crippen LogP contribution in [0, 0.1) is 19.7 Å². The van der Waals surface area contributed by atoms with Gasteiger partial charge in [0, 0.05) is 20.0 Å². The number of nitrogens with one attached hydrogen (secondary N) is 2. The number of carbonyl (C=O) groups excluding carboxylic acids is 3. The van der Waals surface area contributed by atoms with Gasteiger partial charge in [-0.2, -0.15) is 0 Å². The summed E-state index contributed by atoms with van der Waals surface area (Å²) in [5, 5.41) is 5.82. The van der Waals surface area contributed by atoms with E-state index in [9.17, 15) is 18.8 Å². The van der Waals surface area contributed by atoms with Gasteiger partial charge in [-0.3, -0.25) is 14.4 Å². The molecule has 1 aromatic carbocycles. The van der Waals surface area contributed by atoms with Crippen molar-refractivity contribution in [1.82, 2.24) is 15.5 Å². The van der Waals surface area contributed by atoms with Crippen molar-refractivity contribution in [3.8, 4) is 0 Å². The van der Waals surface area contributed by atoms with E-state index in [4.69, 9.17) is 11.5 Å². The molecule has 6 N–H and O–H groups in total. The molecule has 0 aromatic heterocycles. The summed E-state index contributed by atoms with van der Waals surface area (Å²) < 4.78 is 12.1. The number of hydrogen-bond donors (Lipinski definition) is 4. The second-order valence-corrected chi connectivity index (χ2v) is 8.63. The molecule has 2 saturated heterocycles. The fraction of sp³-hybridized carbons (Fsp3) is 0.615.